The summed E-state index contributed by atoms with van der Waals surface area (Å²) in [4.78, 5) is 25.8. The van der Waals surface area contributed by atoms with Crippen molar-refractivity contribution in [2.24, 2.45) is 5.92 Å². The zero-order valence-electron chi connectivity index (χ0n) is 11.6. The fourth-order valence-electron chi connectivity index (χ4n) is 3.53. The number of rotatable bonds is 3. The van der Waals surface area contributed by atoms with Crippen LogP contribution in [0.25, 0.3) is 0 Å². The lowest BCUT2D eigenvalue weighted by Crippen LogP contribution is -2.56. The lowest BCUT2D eigenvalue weighted by atomic mass is 9.78. The Morgan fingerprint density at radius 1 is 1.26 bits per heavy atom. The van der Waals surface area contributed by atoms with E-state index in [0.29, 0.717) is 17.7 Å². The molecule has 1 heterocycles. The minimum atomic E-state index is -0.471. The summed E-state index contributed by atoms with van der Waals surface area (Å²) in [7, 11) is 0. The molecule has 2 amide bonds. The Hall–Kier alpha value is -0.710. The molecule has 3 atom stereocenters. The molecule has 2 rings (SSSR count). The van der Waals surface area contributed by atoms with Crippen molar-refractivity contribution in [1.82, 2.24) is 10.2 Å². The number of piperidine rings is 1. The van der Waals surface area contributed by atoms with Crippen LogP contribution in [-0.4, -0.2) is 41.1 Å². The first-order valence-corrected chi connectivity index (χ1v) is 7.95. The van der Waals surface area contributed by atoms with Crippen LogP contribution in [-0.2, 0) is 9.59 Å². The van der Waals surface area contributed by atoms with E-state index in [1.807, 2.05) is 4.90 Å². The molecule has 0 spiro atoms. The fourth-order valence-corrected chi connectivity index (χ4v) is 3.78. The van der Waals surface area contributed by atoms with Gasteiger partial charge in [-0.05, 0) is 31.6 Å². The number of thiol groups is 1. The number of nitrogens with one attached hydrogen (secondary N) is 1. The Morgan fingerprint density at radius 2 is 1.95 bits per heavy atom. The number of carbonyl (C=O) groups excluding carboxylic acids is 2. The standard InChI is InChI=1S/C14H24N2O2S/c1-10(17)15-12(9-19)14(18)16-8-4-6-11-5-2-3-7-13(11)16/h11-13,19H,2-9H2,1H3,(H,15,17)/t11-,12?,13-/m1/s1. The molecule has 1 saturated carbocycles. The van der Waals surface area contributed by atoms with Gasteiger partial charge in [-0.25, -0.2) is 0 Å². The van der Waals surface area contributed by atoms with Crippen molar-refractivity contribution in [3.05, 3.63) is 0 Å². The molecule has 5 heteroatoms. The normalized spacial score (nSPS) is 28.4. The topological polar surface area (TPSA) is 49.4 Å². The van der Waals surface area contributed by atoms with Gasteiger partial charge in [-0.1, -0.05) is 12.8 Å². The second-order valence-corrected chi connectivity index (χ2v) is 6.09. The van der Waals surface area contributed by atoms with Gasteiger partial charge in [-0.2, -0.15) is 12.6 Å². The summed E-state index contributed by atoms with van der Waals surface area (Å²) in [5, 5.41) is 2.72. The van der Waals surface area contributed by atoms with Gasteiger partial charge in [0.15, 0.2) is 0 Å². The number of likely N-dealkylation sites (tertiary alicyclic amines) is 1. The summed E-state index contributed by atoms with van der Waals surface area (Å²) in [5.41, 5.74) is 0. The number of nitrogens with zero attached hydrogens (tertiary/aromatic N) is 1. The largest absolute Gasteiger partial charge is 0.344 e. The highest BCUT2D eigenvalue weighted by Gasteiger charge is 2.37. The average Bonchev–Trinajstić information content (AvgIpc) is 2.43. The molecular weight excluding hydrogens is 260 g/mol. The van der Waals surface area contributed by atoms with Crippen LogP contribution in [0.4, 0.5) is 0 Å². The first-order valence-electron chi connectivity index (χ1n) is 7.32. The molecule has 108 valence electrons. The van der Waals surface area contributed by atoms with E-state index in [-0.39, 0.29) is 11.8 Å². The van der Waals surface area contributed by atoms with Crippen LogP contribution in [0.2, 0.25) is 0 Å². The molecule has 1 aliphatic heterocycles. The lowest BCUT2D eigenvalue weighted by Gasteiger charge is -2.45. The van der Waals surface area contributed by atoms with Crippen molar-refractivity contribution in [1.29, 1.82) is 0 Å². The van der Waals surface area contributed by atoms with Crippen molar-refractivity contribution in [3.63, 3.8) is 0 Å². The second-order valence-electron chi connectivity index (χ2n) is 5.72. The second kappa shape index (κ2) is 6.64. The van der Waals surface area contributed by atoms with Crippen LogP contribution in [0.5, 0.6) is 0 Å². The van der Waals surface area contributed by atoms with Crippen molar-refractivity contribution in [2.75, 3.05) is 12.3 Å². The van der Waals surface area contributed by atoms with Gasteiger partial charge < -0.3 is 10.2 Å². The van der Waals surface area contributed by atoms with Crippen LogP contribution < -0.4 is 5.32 Å². The fraction of sp³-hybridized carbons (Fsp3) is 0.857. The molecule has 0 aromatic carbocycles. The maximum atomic E-state index is 12.6. The van der Waals surface area contributed by atoms with E-state index in [1.165, 1.54) is 32.6 Å². The Labute approximate surface area is 120 Å². The molecule has 2 fully saturated rings. The first-order chi connectivity index (χ1) is 9.13. The zero-order valence-corrected chi connectivity index (χ0v) is 12.5. The maximum absolute atomic E-state index is 12.6. The molecule has 4 nitrogen and oxygen atoms in total. The molecule has 1 N–H and O–H groups in total. The summed E-state index contributed by atoms with van der Waals surface area (Å²) < 4.78 is 0. The molecule has 0 aromatic heterocycles. The zero-order chi connectivity index (χ0) is 13.8. The highest BCUT2D eigenvalue weighted by atomic mass is 32.1. The summed E-state index contributed by atoms with van der Waals surface area (Å²) in [6.45, 7) is 2.28. The van der Waals surface area contributed by atoms with Crippen LogP contribution in [0.15, 0.2) is 0 Å². The Bertz CT molecular complexity index is 346. The van der Waals surface area contributed by atoms with Crippen LogP contribution in [0.1, 0.15) is 45.4 Å². The number of amides is 2. The predicted octanol–water partition coefficient (Wildman–Crippen LogP) is 1.60. The number of hydrogen-bond acceptors (Lipinski definition) is 3. The van der Waals surface area contributed by atoms with Crippen LogP contribution in [0.3, 0.4) is 0 Å². The Balaban J connectivity index is 2.05. The van der Waals surface area contributed by atoms with Gasteiger partial charge in [0.1, 0.15) is 6.04 Å². The van der Waals surface area contributed by atoms with Crippen molar-refractivity contribution >= 4 is 24.4 Å². The molecule has 0 aromatic rings. The highest BCUT2D eigenvalue weighted by Crippen LogP contribution is 2.35. The minimum Gasteiger partial charge on any atom is -0.344 e. The molecule has 0 bridgehead atoms. The van der Waals surface area contributed by atoms with Crippen molar-refractivity contribution in [2.45, 2.75) is 57.5 Å². The number of fused-ring (bicyclic) bond motifs is 1. The average molecular weight is 284 g/mol. The highest BCUT2D eigenvalue weighted by molar-refractivity contribution is 7.80. The van der Waals surface area contributed by atoms with Gasteiger partial charge in [0.2, 0.25) is 11.8 Å². The van der Waals surface area contributed by atoms with Gasteiger partial charge >= 0.3 is 0 Å². The number of hydrogen-bond donors (Lipinski definition) is 2. The third-order valence-corrected chi connectivity index (χ3v) is 4.75. The third kappa shape index (κ3) is 3.44. The van der Waals surface area contributed by atoms with E-state index in [1.54, 1.807) is 0 Å². The van der Waals surface area contributed by atoms with Gasteiger partial charge in [-0.15, -0.1) is 0 Å². The Morgan fingerprint density at radius 3 is 2.63 bits per heavy atom. The third-order valence-electron chi connectivity index (χ3n) is 4.38. The quantitative estimate of drug-likeness (QED) is 0.774. The SMILES string of the molecule is CC(=O)NC(CS)C(=O)N1CCC[C@H]2CCCC[C@H]21. The van der Waals surface area contributed by atoms with E-state index in [4.69, 9.17) is 0 Å². The Kier molecular flexibility index (Phi) is 5.13. The summed E-state index contributed by atoms with van der Waals surface area (Å²) in [5.74, 6) is 0.933. The predicted molar refractivity (Wildman–Crippen MR) is 78.2 cm³/mol. The molecular formula is C14H24N2O2S. The summed E-state index contributed by atoms with van der Waals surface area (Å²) >= 11 is 4.21. The van der Waals surface area contributed by atoms with Crippen LogP contribution in [0, 0.1) is 5.92 Å². The van der Waals surface area contributed by atoms with Gasteiger partial charge in [0, 0.05) is 25.3 Å². The van der Waals surface area contributed by atoms with Gasteiger partial charge in [0.25, 0.3) is 0 Å². The molecule has 1 aliphatic carbocycles. The molecule has 2 aliphatic rings. The number of carbonyl (C=O) groups is 2. The smallest absolute Gasteiger partial charge is 0.246 e. The van der Waals surface area contributed by atoms with E-state index in [2.05, 4.69) is 17.9 Å². The van der Waals surface area contributed by atoms with Crippen LogP contribution >= 0.6 is 12.6 Å². The minimum absolute atomic E-state index is 0.0572. The van der Waals surface area contributed by atoms with Crippen molar-refractivity contribution < 1.29 is 9.59 Å². The summed E-state index contributed by atoms with van der Waals surface area (Å²) in [6, 6.07) is -0.0762. The molecule has 1 saturated heterocycles. The molecule has 19 heavy (non-hydrogen) atoms. The summed E-state index contributed by atoms with van der Waals surface area (Å²) in [6.07, 6.45) is 7.23. The van der Waals surface area contributed by atoms with Gasteiger partial charge in [-0.3, -0.25) is 9.59 Å². The van der Waals surface area contributed by atoms with Gasteiger partial charge in [0.05, 0.1) is 0 Å². The maximum Gasteiger partial charge on any atom is 0.246 e. The van der Waals surface area contributed by atoms with E-state index in [9.17, 15) is 9.59 Å². The van der Waals surface area contributed by atoms with E-state index in [0.717, 1.165) is 19.4 Å². The van der Waals surface area contributed by atoms with E-state index >= 15 is 0 Å². The molecule has 0 radical (unpaired) electrons. The lowest BCUT2D eigenvalue weighted by molar-refractivity contribution is -0.141. The van der Waals surface area contributed by atoms with E-state index < -0.39 is 6.04 Å². The van der Waals surface area contributed by atoms with Crippen molar-refractivity contribution in [3.8, 4) is 0 Å². The first kappa shape index (κ1) is 14.7. The molecule has 1 unspecified atom stereocenters. The monoisotopic (exact) mass is 284 g/mol.